The van der Waals surface area contributed by atoms with Gasteiger partial charge in [0.2, 0.25) is 0 Å². The molecule has 3 N–H and O–H groups in total. The van der Waals surface area contributed by atoms with Crippen LogP contribution in [-0.4, -0.2) is 21.0 Å². The second-order valence-corrected chi connectivity index (χ2v) is 5.24. The van der Waals surface area contributed by atoms with Crippen LogP contribution in [0.3, 0.4) is 0 Å². The first-order valence-corrected chi connectivity index (χ1v) is 6.53. The summed E-state index contributed by atoms with van der Waals surface area (Å²) in [5.41, 5.74) is 6.14. The molecule has 5 nitrogen and oxygen atoms in total. The van der Waals surface area contributed by atoms with Gasteiger partial charge in [0.25, 0.3) is 0 Å². The third-order valence-corrected chi connectivity index (χ3v) is 3.40. The Balaban J connectivity index is 2.22. The fourth-order valence-electron chi connectivity index (χ4n) is 1.21. The van der Waals surface area contributed by atoms with Gasteiger partial charge < -0.3 is 10.9 Å². The van der Waals surface area contributed by atoms with Crippen molar-refractivity contribution in [3.05, 3.63) is 46.7 Å². The van der Waals surface area contributed by atoms with Crippen molar-refractivity contribution >= 4 is 33.5 Å². The van der Waals surface area contributed by atoms with E-state index in [0.717, 1.165) is 14.5 Å². The molecule has 2 heterocycles. The van der Waals surface area contributed by atoms with Crippen LogP contribution in [0.5, 0.6) is 0 Å². The largest absolute Gasteiger partial charge is 0.409 e. The molecule has 0 radical (unpaired) electrons. The summed E-state index contributed by atoms with van der Waals surface area (Å²) in [6, 6.07) is 7.20. The Morgan fingerprint density at radius 3 is 2.78 bits per heavy atom. The highest BCUT2D eigenvalue weighted by Crippen LogP contribution is 2.25. The Labute approximate surface area is 116 Å². The van der Waals surface area contributed by atoms with E-state index in [1.54, 1.807) is 24.5 Å². The molecule has 0 fully saturated rings. The van der Waals surface area contributed by atoms with Crippen molar-refractivity contribution in [2.24, 2.45) is 10.9 Å². The van der Waals surface area contributed by atoms with E-state index >= 15 is 0 Å². The monoisotopic (exact) mass is 324 g/mol. The number of pyridine rings is 2. The Morgan fingerprint density at radius 2 is 2.11 bits per heavy atom. The van der Waals surface area contributed by atoms with Crippen LogP contribution in [0.1, 0.15) is 5.56 Å². The van der Waals surface area contributed by atoms with Crippen molar-refractivity contribution in [3.8, 4) is 0 Å². The van der Waals surface area contributed by atoms with Crippen LogP contribution in [0.25, 0.3) is 0 Å². The van der Waals surface area contributed by atoms with Crippen LogP contribution < -0.4 is 5.73 Å². The highest BCUT2D eigenvalue weighted by atomic mass is 79.9. The molecule has 2 aromatic rings. The lowest BCUT2D eigenvalue weighted by molar-refractivity contribution is 0.318. The molecule has 0 aliphatic heterocycles. The number of nitrogens with two attached hydrogens (primary N) is 1. The Kier molecular flexibility index (Phi) is 4.16. The van der Waals surface area contributed by atoms with Gasteiger partial charge in [-0.2, -0.15) is 0 Å². The molecule has 0 aliphatic carbocycles. The molecule has 0 aliphatic rings. The molecule has 2 aromatic heterocycles. The average molecular weight is 325 g/mol. The summed E-state index contributed by atoms with van der Waals surface area (Å²) in [4.78, 5) is 8.43. The second kappa shape index (κ2) is 5.83. The molecule has 0 saturated heterocycles. The number of amidine groups is 1. The number of hydrogen-bond acceptors (Lipinski definition) is 5. The van der Waals surface area contributed by atoms with Crippen LogP contribution >= 0.6 is 27.7 Å². The lowest BCUT2D eigenvalue weighted by atomic mass is 10.2. The Bertz CT molecular complexity index is 574. The maximum Gasteiger partial charge on any atom is 0.170 e. The van der Waals surface area contributed by atoms with E-state index in [9.17, 15) is 0 Å². The smallest absolute Gasteiger partial charge is 0.170 e. The van der Waals surface area contributed by atoms with Crippen molar-refractivity contribution in [1.82, 2.24) is 9.97 Å². The summed E-state index contributed by atoms with van der Waals surface area (Å²) >= 11 is 4.73. The van der Waals surface area contributed by atoms with E-state index in [1.807, 2.05) is 12.1 Å². The third kappa shape index (κ3) is 3.21. The van der Waals surface area contributed by atoms with Gasteiger partial charge in [-0.15, -0.1) is 0 Å². The first-order chi connectivity index (χ1) is 8.69. The minimum Gasteiger partial charge on any atom is -0.409 e. The van der Waals surface area contributed by atoms with E-state index in [4.69, 9.17) is 10.9 Å². The summed E-state index contributed by atoms with van der Waals surface area (Å²) in [5.74, 6) is 0.0583. The molecule has 0 saturated carbocycles. The number of hydrogen-bond donors (Lipinski definition) is 2. The molecule has 92 valence electrons. The normalized spacial score (nSPS) is 11.5. The lowest BCUT2D eigenvalue weighted by Gasteiger charge is -2.02. The molecule has 0 atom stereocenters. The molecule has 0 spiro atoms. The van der Waals surface area contributed by atoms with Gasteiger partial charge >= 0.3 is 0 Å². The number of oxime groups is 1. The van der Waals surface area contributed by atoms with Gasteiger partial charge in [0, 0.05) is 22.4 Å². The number of aromatic nitrogens is 2. The summed E-state index contributed by atoms with van der Waals surface area (Å²) in [6.07, 6.45) is 3.32. The fourth-order valence-corrected chi connectivity index (χ4v) is 2.20. The zero-order valence-electron chi connectivity index (χ0n) is 9.12. The predicted octanol–water partition coefficient (Wildman–Crippen LogP) is 2.48. The molecule has 2 rings (SSSR count). The van der Waals surface area contributed by atoms with Crippen LogP contribution in [0.2, 0.25) is 0 Å². The van der Waals surface area contributed by atoms with E-state index in [1.165, 1.54) is 11.8 Å². The average Bonchev–Trinajstić information content (AvgIpc) is 2.41. The van der Waals surface area contributed by atoms with Crippen molar-refractivity contribution in [1.29, 1.82) is 0 Å². The van der Waals surface area contributed by atoms with Crippen molar-refractivity contribution in [2.45, 2.75) is 10.1 Å². The Morgan fingerprint density at radius 1 is 1.28 bits per heavy atom. The molecule has 0 bridgehead atoms. The van der Waals surface area contributed by atoms with E-state index < -0.39 is 0 Å². The van der Waals surface area contributed by atoms with Gasteiger partial charge in [-0.05, 0) is 40.2 Å². The maximum absolute atomic E-state index is 8.62. The standard InChI is InChI=1S/C11H9BrN4OS/c12-8-1-2-9(15-6-8)18-10-5-7(3-4-14-10)11(13)16-17/h1-6,17H,(H2,13,16). The summed E-state index contributed by atoms with van der Waals surface area (Å²) in [6.45, 7) is 0. The lowest BCUT2D eigenvalue weighted by Crippen LogP contribution is -2.13. The fraction of sp³-hybridized carbons (Fsp3) is 0. The molecule has 7 heteroatoms. The Hall–Kier alpha value is -1.60. The summed E-state index contributed by atoms with van der Waals surface area (Å²) in [5, 5.41) is 13.1. The quantitative estimate of drug-likeness (QED) is 0.392. The topological polar surface area (TPSA) is 84.4 Å². The number of halogens is 1. The SMILES string of the molecule is NC(=NO)c1ccnc(Sc2ccc(Br)cn2)c1. The highest BCUT2D eigenvalue weighted by Gasteiger charge is 2.04. The number of nitrogens with zero attached hydrogens (tertiary/aromatic N) is 3. The van der Waals surface area contributed by atoms with Crippen LogP contribution in [0, 0.1) is 0 Å². The van der Waals surface area contributed by atoms with Gasteiger partial charge in [-0.3, -0.25) is 0 Å². The van der Waals surface area contributed by atoms with Crippen LogP contribution in [0.15, 0.2) is 56.3 Å². The molecular formula is C11H9BrN4OS. The maximum atomic E-state index is 8.62. The highest BCUT2D eigenvalue weighted by molar-refractivity contribution is 9.10. The molecule has 0 aromatic carbocycles. The predicted molar refractivity (Wildman–Crippen MR) is 72.8 cm³/mol. The van der Waals surface area contributed by atoms with Gasteiger partial charge in [0.05, 0.1) is 0 Å². The van der Waals surface area contributed by atoms with Crippen molar-refractivity contribution in [2.75, 3.05) is 0 Å². The van der Waals surface area contributed by atoms with Gasteiger partial charge in [0.1, 0.15) is 10.1 Å². The van der Waals surface area contributed by atoms with Crippen LogP contribution in [-0.2, 0) is 0 Å². The first kappa shape index (κ1) is 12.8. The molecule has 0 unspecified atom stereocenters. The minimum absolute atomic E-state index is 0.0583. The molecule has 0 amide bonds. The van der Waals surface area contributed by atoms with Crippen molar-refractivity contribution in [3.63, 3.8) is 0 Å². The van der Waals surface area contributed by atoms with E-state index in [2.05, 4.69) is 31.1 Å². The van der Waals surface area contributed by atoms with Gasteiger partial charge in [-0.1, -0.05) is 16.9 Å². The van der Waals surface area contributed by atoms with Gasteiger partial charge in [-0.25, -0.2) is 9.97 Å². The van der Waals surface area contributed by atoms with Crippen molar-refractivity contribution < 1.29 is 5.21 Å². The van der Waals surface area contributed by atoms with Gasteiger partial charge in [0.15, 0.2) is 5.84 Å². The third-order valence-electron chi connectivity index (χ3n) is 2.05. The van der Waals surface area contributed by atoms with Crippen LogP contribution in [0.4, 0.5) is 0 Å². The van der Waals surface area contributed by atoms with E-state index in [-0.39, 0.29) is 5.84 Å². The first-order valence-electron chi connectivity index (χ1n) is 4.92. The zero-order valence-corrected chi connectivity index (χ0v) is 11.5. The number of rotatable bonds is 3. The zero-order chi connectivity index (χ0) is 13.0. The second-order valence-electron chi connectivity index (χ2n) is 3.28. The summed E-state index contributed by atoms with van der Waals surface area (Å²) in [7, 11) is 0. The minimum atomic E-state index is 0.0583. The molecule has 18 heavy (non-hydrogen) atoms. The summed E-state index contributed by atoms with van der Waals surface area (Å²) < 4.78 is 0.921. The van der Waals surface area contributed by atoms with E-state index in [0.29, 0.717) is 5.56 Å². The molecular weight excluding hydrogens is 316 g/mol.